The van der Waals surface area contributed by atoms with Crippen LogP contribution in [-0.4, -0.2) is 58.6 Å². The van der Waals surface area contributed by atoms with Gasteiger partial charge in [-0.3, -0.25) is 9.78 Å². The Kier molecular flexibility index (Phi) is 9.18. The number of carboxylic acids is 1. The molecule has 192 valence electrons. The molecule has 2 heterocycles. The van der Waals surface area contributed by atoms with E-state index in [0.29, 0.717) is 30.0 Å². The fourth-order valence-electron chi connectivity index (χ4n) is 5.02. The third-order valence-electron chi connectivity index (χ3n) is 7.02. The number of fused-ring (bicyclic) bond motifs is 1. The zero-order valence-corrected chi connectivity index (χ0v) is 21.3. The van der Waals surface area contributed by atoms with Gasteiger partial charge >= 0.3 is 5.97 Å². The minimum Gasteiger partial charge on any atom is -0.497 e. The molecule has 0 amide bonds. The predicted molar refractivity (Wildman–Crippen MR) is 140 cm³/mol. The number of methoxy groups -OCH3 is 1. The summed E-state index contributed by atoms with van der Waals surface area (Å²) in [6.07, 6.45) is 3.77. The summed E-state index contributed by atoms with van der Waals surface area (Å²) in [7, 11) is 1.61. The third kappa shape index (κ3) is 6.55. The summed E-state index contributed by atoms with van der Waals surface area (Å²) in [6, 6.07) is 14.2. The number of thioether (sulfide) groups is 1. The Morgan fingerprint density at radius 2 is 2.11 bits per heavy atom. The molecular formula is C28H33FN2O4S. The van der Waals surface area contributed by atoms with Crippen molar-refractivity contribution in [3.63, 3.8) is 0 Å². The number of likely N-dealkylation sites (tertiary alicyclic amines) is 1. The van der Waals surface area contributed by atoms with Gasteiger partial charge in [0.2, 0.25) is 0 Å². The van der Waals surface area contributed by atoms with E-state index in [1.54, 1.807) is 25.4 Å². The van der Waals surface area contributed by atoms with E-state index < -0.39 is 18.0 Å². The Bertz CT molecular complexity index is 1180. The van der Waals surface area contributed by atoms with Crippen LogP contribution in [0.25, 0.3) is 10.9 Å². The fraction of sp³-hybridized carbons (Fsp3) is 0.429. The first-order valence-electron chi connectivity index (χ1n) is 12.4. The number of benzene rings is 2. The number of ether oxygens (including phenoxy) is 1. The molecule has 3 aromatic rings. The lowest BCUT2D eigenvalue weighted by Crippen LogP contribution is -2.44. The van der Waals surface area contributed by atoms with E-state index in [4.69, 9.17) is 4.74 Å². The Morgan fingerprint density at radius 3 is 2.89 bits per heavy atom. The van der Waals surface area contributed by atoms with Crippen molar-refractivity contribution in [2.75, 3.05) is 32.5 Å². The van der Waals surface area contributed by atoms with Crippen molar-refractivity contribution in [1.29, 1.82) is 0 Å². The van der Waals surface area contributed by atoms with E-state index in [2.05, 4.69) is 9.88 Å². The summed E-state index contributed by atoms with van der Waals surface area (Å²) in [4.78, 5) is 19.3. The van der Waals surface area contributed by atoms with Crippen LogP contribution in [0.1, 0.15) is 37.4 Å². The number of pyridine rings is 1. The van der Waals surface area contributed by atoms with Crippen molar-refractivity contribution in [3.8, 4) is 5.75 Å². The first-order valence-corrected chi connectivity index (χ1v) is 13.4. The SMILES string of the molecule is COc1ccc2nccc([C@H](O)CC[C@@H]3CCN(CCCSc4ccccc4F)C[C@@H]3C(=O)O)c2c1. The van der Waals surface area contributed by atoms with Gasteiger partial charge in [-0.25, -0.2) is 4.39 Å². The van der Waals surface area contributed by atoms with Gasteiger partial charge in [-0.1, -0.05) is 12.1 Å². The van der Waals surface area contributed by atoms with Crippen LogP contribution in [0.3, 0.4) is 0 Å². The number of hydrogen-bond donors (Lipinski definition) is 2. The standard InChI is InChI=1S/C28H33FN2O4S/c1-35-20-8-9-25-22(17-20)21(11-13-30-25)26(32)10-7-19-12-15-31(18-23(19)28(33)34)14-4-16-36-27-6-3-2-5-24(27)29/h2-3,5-6,8-9,11,13,17,19,23,26,32H,4,7,10,12,14-16,18H2,1H3,(H,33,34)/t19-,23+,26-/m1/s1. The molecule has 1 aromatic heterocycles. The fourth-order valence-corrected chi connectivity index (χ4v) is 5.89. The largest absolute Gasteiger partial charge is 0.497 e. The molecule has 3 atom stereocenters. The quantitative estimate of drug-likeness (QED) is 0.263. The zero-order valence-electron chi connectivity index (χ0n) is 20.5. The summed E-state index contributed by atoms with van der Waals surface area (Å²) in [5, 5.41) is 21.7. The molecule has 4 rings (SSSR count). The summed E-state index contributed by atoms with van der Waals surface area (Å²) < 4.78 is 19.1. The molecule has 1 aliphatic rings. The average Bonchev–Trinajstić information content (AvgIpc) is 2.90. The lowest BCUT2D eigenvalue weighted by atomic mass is 9.81. The average molecular weight is 513 g/mol. The van der Waals surface area contributed by atoms with Gasteiger partial charge in [-0.2, -0.15) is 0 Å². The number of aromatic nitrogens is 1. The van der Waals surface area contributed by atoms with Crippen LogP contribution >= 0.6 is 11.8 Å². The lowest BCUT2D eigenvalue weighted by molar-refractivity contribution is -0.146. The lowest BCUT2D eigenvalue weighted by Gasteiger charge is -2.37. The normalized spacial score (nSPS) is 19.3. The molecular weight excluding hydrogens is 479 g/mol. The second-order valence-corrected chi connectivity index (χ2v) is 10.4. The highest BCUT2D eigenvalue weighted by Gasteiger charge is 2.34. The van der Waals surface area contributed by atoms with Crippen LogP contribution in [0.15, 0.2) is 59.6 Å². The molecule has 1 aliphatic heterocycles. The van der Waals surface area contributed by atoms with Gasteiger partial charge in [0.25, 0.3) is 0 Å². The summed E-state index contributed by atoms with van der Waals surface area (Å²) in [5.41, 5.74) is 1.58. The number of halogens is 1. The topological polar surface area (TPSA) is 82.9 Å². The predicted octanol–water partition coefficient (Wildman–Crippen LogP) is 5.40. The minimum absolute atomic E-state index is 0.0174. The Balaban J connectivity index is 1.30. The minimum atomic E-state index is -0.779. The molecule has 2 N–H and O–H groups in total. The highest BCUT2D eigenvalue weighted by Crippen LogP contribution is 2.34. The molecule has 2 aromatic carbocycles. The number of piperidine rings is 1. The van der Waals surface area contributed by atoms with Gasteiger partial charge < -0.3 is 19.8 Å². The van der Waals surface area contributed by atoms with Gasteiger partial charge in [0.15, 0.2) is 0 Å². The van der Waals surface area contributed by atoms with Gasteiger partial charge in [-0.05, 0) is 92.4 Å². The van der Waals surface area contributed by atoms with E-state index in [1.807, 2.05) is 30.3 Å². The molecule has 1 fully saturated rings. The second kappa shape index (κ2) is 12.5. The molecule has 8 heteroatoms. The number of aliphatic carboxylic acids is 1. The van der Waals surface area contributed by atoms with Crippen molar-refractivity contribution in [3.05, 3.63) is 66.1 Å². The first kappa shape index (κ1) is 26.4. The van der Waals surface area contributed by atoms with Crippen LogP contribution in [0.5, 0.6) is 5.75 Å². The molecule has 0 radical (unpaired) electrons. The Labute approximate surface area is 215 Å². The summed E-state index contributed by atoms with van der Waals surface area (Å²) >= 11 is 1.50. The number of nitrogens with zero attached hydrogens (tertiary/aromatic N) is 2. The van der Waals surface area contributed by atoms with E-state index in [0.717, 1.165) is 48.2 Å². The van der Waals surface area contributed by atoms with Crippen molar-refractivity contribution in [1.82, 2.24) is 9.88 Å². The maximum atomic E-state index is 13.8. The van der Waals surface area contributed by atoms with Crippen LogP contribution < -0.4 is 4.74 Å². The van der Waals surface area contributed by atoms with E-state index >= 15 is 0 Å². The Hall–Kier alpha value is -2.68. The highest BCUT2D eigenvalue weighted by atomic mass is 32.2. The van der Waals surface area contributed by atoms with Crippen molar-refractivity contribution in [2.45, 2.75) is 36.7 Å². The van der Waals surface area contributed by atoms with Crippen molar-refractivity contribution >= 4 is 28.6 Å². The second-order valence-electron chi connectivity index (χ2n) is 9.30. The van der Waals surface area contributed by atoms with E-state index in [9.17, 15) is 19.4 Å². The number of hydrogen-bond acceptors (Lipinski definition) is 6. The summed E-state index contributed by atoms with van der Waals surface area (Å²) in [5.74, 6) is 0.0716. The molecule has 0 bridgehead atoms. The van der Waals surface area contributed by atoms with Crippen LogP contribution in [0, 0.1) is 17.7 Å². The number of aliphatic hydroxyl groups excluding tert-OH is 1. The smallest absolute Gasteiger partial charge is 0.308 e. The molecule has 0 spiro atoms. The van der Waals surface area contributed by atoms with Crippen molar-refractivity contribution in [2.24, 2.45) is 11.8 Å². The van der Waals surface area contributed by atoms with Gasteiger partial charge in [-0.15, -0.1) is 11.8 Å². The molecule has 0 aliphatic carbocycles. The molecule has 6 nitrogen and oxygen atoms in total. The van der Waals surface area contributed by atoms with Crippen LogP contribution in [-0.2, 0) is 4.79 Å². The van der Waals surface area contributed by atoms with E-state index in [1.165, 1.54) is 17.8 Å². The molecule has 1 saturated heterocycles. The first-order chi connectivity index (χ1) is 17.5. The number of carbonyl (C=O) groups is 1. The maximum Gasteiger partial charge on any atom is 0.308 e. The monoisotopic (exact) mass is 512 g/mol. The zero-order chi connectivity index (χ0) is 25.5. The van der Waals surface area contributed by atoms with Crippen LogP contribution in [0.2, 0.25) is 0 Å². The van der Waals surface area contributed by atoms with Crippen LogP contribution in [0.4, 0.5) is 4.39 Å². The molecule has 36 heavy (non-hydrogen) atoms. The number of aliphatic hydroxyl groups is 1. The van der Waals surface area contributed by atoms with Gasteiger partial charge in [0, 0.05) is 23.0 Å². The molecule has 0 unspecified atom stereocenters. The highest BCUT2D eigenvalue weighted by molar-refractivity contribution is 7.99. The third-order valence-corrected chi connectivity index (χ3v) is 8.16. The van der Waals surface area contributed by atoms with E-state index in [-0.39, 0.29) is 11.7 Å². The van der Waals surface area contributed by atoms with Gasteiger partial charge in [0.05, 0.1) is 24.6 Å². The maximum absolute atomic E-state index is 13.8. The molecule has 0 saturated carbocycles. The Morgan fingerprint density at radius 1 is 1.28 bits per heavy atom. The van der Waals surface area contributed by atoms with Crippen molar-refractivity contribution < 1.29 is 24.1 Å². The number of rotatable bonds is 11. The van der Waals surface area contributed by atoms with Gasteiger partial charge in [0.1, 0.15) is 11.6 Å². The number of carboxylic acid groups (broad SMARTS) is 1. The summed E-state index contributed by atoms with van der Waals surface area (Å²) in [6.45, 7) is 2.14.